The molecule has 0 bridgehead atoms. The summed E-state index contributed by atoms with van der Waals surface area (Å²) in [5.41, 5.74) is 7.23. The molecule has 0 radical (unpaired) electrons. The molecule has 1 aliphatic rings. The van der Waals surface area contributed by atoms with E-state index in [1.165, 1.54) is 0 Å². The van der Waals surface area contributed by atoms with Crippen LogP contribution in [-0.2, 0) is 11.2 Å². The molecule has 1 heterocycles. The molecule has 0 spiro atoms. The van der Waals surface area contributed by atoms with Gasteiger partial charge in [-0.25, -0.2) is 10.9 Å². The van der Waals surface area contributed by atoms with Crippen LogP contribution in [0.25, 0.3) is 0 Å². The van der Waals surface area contributed by atoms with Gasteiger partial charge < -0.3 is 10.1 Å². The second-order valence-corrected chi connectivity index (χ2v) is 6.66. The third-order valence-corrected chi connectivity index (χ3v) is 4.61. The second kappa shape index (κ2) is 8.73. The van der Waals surface area contributed by atoms with Crippen LogP contribution in [-0.4, -0.2) is 29.8 Å². The Morgan fingerprint density at radius 2 is 1.67 bits per heavy atom. The number of carbonyl (C=O) groups excluding carboxylic acids is 1. The molecule has 6 heteroatoms. The Morgan fingerprint density at radius 1 is 0.958 bits per heavy atom. The molecule has 3 N–H and O–H groups in total. The maximum atomic E-state index is 12.2. The van der Waals surface area contributed by atoms with Crippen LogP contribution in [0.4, 0.5) is 0 Å². The lowest BCUT2D eigenvalue weighted by Gasteiger charge is -2.31. The van der Waals surface area contributed by atoms with Gasteiger partial charge in [0.05, 0.1) is 6.61 Å². The Hall–Kier alpha value is -2.02. The first-order chi connectivity index (χ1) is 11.8. The van der Waals surface area contributed by atoms with E-state index in [1.807, 2.05) is 60.7 Å². The molecule has 2 atom stereocenters. The Balaban J connectivity index is 1.37. The van der Waals surface area contributed by atoms with Crippen molar-refractivity contribution in [1.29, 1.82) is 0 Å². The van der Waals surface area contributed by atoms with Gasteiger partial charge in [0.15, 0.2) is 0 Å². The highest BCUT2D eigenvalue weighted by molar-refractivity contribution is 7.99. The molecule has 1 amide bonds. The molecule has 0 aromatic heterocycles. The van der Waals surface area contributed by atoms with Gasteiger partial charge in [-0.2, -0.15) is 0 Å². The lowest BCUT2D eigenvalue weighted by atomic mass is 10.1. The quantitative estimate of drug-likeness (QED) is 0.671. The number of hydrogen-bond acceptors (Lipinski definition) is 5. The molecule has 1 saturated heterocycles. The fourth-order valence-electron chi connectivity index (χ4n) is 2.43. The predicted molar refractivity (Wildman–Crippen MR) is 96.5 cm³/mol. The molecular weight excluding hydrogens is 322 g/mol. The minimum Gasteiger partial charge on any atom is -0.493 e. The van der Waals surface area contributed by atoms with Crippen molar-refractivity contribution < 1.29 is 9.53 Å². The smallest absolute Gasteiger partial charge is 0.240 e. The molecule has 2 unspecified atom stereocenters. The number of carbonyl (C=O) groups is 1. The minimum absolute atomic E-state index is 0.0130. The number of rotatable bonds is 7. The van der Waals surface area contributed by atoms with Crippen LogP contribution in [0.1, 0.15) is 5.56 Å². The number of ether oxygens (including phenoxy) is 1. The molecule has 1 fully saturated rings. The number of thioether (sulfide) groups is 1. The number of benzene rings is 2. The van der Waals surface area contributed by atoms with E-state index >= 15 is 0 Å². The summed E-state index contributed by atoms with van der Waals surface area (Å²) in [6.07, 6.45) is 0.661. The van der Waals surface area contributed by atoms with E-state index in [9.17, 15) is 4.79 Å². The van der Waals surface area contributed by atoms with Crippen molar-refractivity contribution in [3.05, 3.63) is 66.2 Å². The summed E-state index contributed by atoms with van der Waals surface area (Å²) in [6.45, 7) is 0.593. The topological polar surface area (TPSA) is 62.4 Å². The molecule has 2 aromatic carbocycles. The molecule has 0 saturated carbocycles. The monoisotopic (exact) mass is 343 g/mol. The summed E-state index contributed by atoms with van der Waals surface area (Å²) in [5, 5.41) is 2.98. The van der Waals surface area contributed by atoms with Crippen molar-refractivity contribution in [2.45, 2.75) is 18.0 Å². The second-order valence-electron chi connectivity index (χ2n) is 5.45. The van der Waals surface area contributed by atoms with E-state index < -0.39 is 0 Å². The fraction of sp³-hybridized carbons (Fsp3) is 0.278. The van der Waals surface area contributed by atoms with Crippen LogP contribution < -0.4 is 20.9 Å². The SMILES string of the molecule is O=C1NC(SCCOc2ccccc2)NNC1Cc1ccccc1. The first-order valence-electron chi connectivity index (χ1n) is 7.96. The summed E-state index contributed by atoms with van der Waals surface area (Å²) < 4.78 is 5.64. The van der Waals surface area contributed by atoms with Crippen LogP contribution in [0.2, 0.25) is 0 Å². The van der Waals surface area contributed by atoms with Gasteiger partial charge in [-0.15, -0.1) is 11.8 Å². The van der Waals surface area contributed by atoms with Gasteiger partial charge in [-0.3, -0.25) is 4.79 Å². The van der Waals surface area contributed by atoms with Gasteiger partial charge in [0.2, 0.25) is 5.91 Å². The highest BCUT2D eigenvalue weighted by atomic mass is 32.2. The van der Waals surface area contributed by atoms with Crippen LogP contribution in [0.5, 0.6) is 5.75 Å². The molecular formula is C18H21N3O2S. The Bertz CT molecular complexity index is 637. The van der Waals surface area contributed by atoms with Crippen molar-refractivity contribution in [2.75, 3.05) is 12.4 Å². The summed E-state index contributed by atoms with van der Waals surface area (Å²) in [4.78, 5) is 12.2. The van der Waals surface area contributed by atoms with Crippen molar-refractivity contribution in [2.24, 2.45) is 0 Å². The number of amides is 1. The van der Waals surface area contributed by atoms with Crippen molar-refractivity contribution in [1.82, 2.24) is 16.2 Å². The zero-order valence-electron chi connectivity index (χ0n) is 13.3. The largest absolute Gasteiger partial charge is 0.493 e. The van der Waals surface area contributed by atoms with E-state index in [0.717, 1.165) is 17.1 Å². The molecule has 2 aromatic rings. The average molecular weight is 343 g/mol. The molecule has 0 aliphatic carbocycles. The van der Waals surface area contributed by atoms with Crippen LogP contribution in [0, 0.1) is 0 Å². The van der Waals surface area contributed by atoms with Crippen LogP contribution in [0.3, 0.4) is 0 Å². The summed E-state index contributed by atoms with van der Waals surface area (Å²) in [6, 6.07) is 19.4. The van der Waals surface area contributed by atoms with Crippen LogP contribution in [0.15, 0.2) is 60.7 Å². The van der Waals surface area contributed by atoms with E-state index in [-0.39, 0.29) is 17.4 Å². The standard InChI is InChI=1S/C18H21N3O2S/c22-17-16(13-14-7-3-1-4-8-14)20-21-18(19-17)24-12-11-23-15-9-5-2-6-10-15/h1-10,16,18,20-21H,11-13H2,(H,19,22). The Labute approximate surface area is 146 Å². The molecule has 3 rings (SSSR count). The number of hydrazine groups is 1. The number of hydrogen-bond donors (Lipinski definition) is 3. The lowest BCUT2D eigenvalue weighted by Crippen LogP contribution is -2.64. The van der Waals surface area contributed by atoms with E-state index in [1.54, 1.807) is 11.8 Å². The van der Waals surface area contributed by atoms with Gasteiger partial charge in [-0.05, 0) is 24.1 Å². The zero-order chi connectivity index (χ0) is 16.6. The van der Waals surface area contributed by atoms with Gasteiger partial charge in [0, 0.05) is 5.75 Å². The zero-order valence-corrected chi connectivity index (χ0v) is 14.1. The maximum absolute atomic E-state index is 12.2. The highest BCUT2D eigenvalue weighted by Gasteiger charge is 2.27. The van der Waals surface area contributed by atoms with Gasteiger partial charge in [0.1, 0.15) is 17.3 Å². The highest BCUT2D eigenvalue weighted by Crippen LogP contribution is 2.12. The van der Waals surface area contributed by atoms with Crippen molar-refractivity contribution in [3.8, 4) is 5.75 Å². The Kier molecular flexibility index (Phi) is 6.12. The fourth-order valence-corrected chi connectivity index (χ4v) is 3.19. The van der Waals surface area contributed by atoms with Gasteiger partial charge in [-0.1, -0.05) is 48.5 Å². The van der Waals surface area contributed by atoms with E-state index in [4.69, 9.17) is 4.74 Å². The van der Waals surface area contributed by atoms with Gasteiger partial charge in [0.25, 0.3) is 0 Å². The molecule has 5 nitrogen and oxygen atoms in total. The first-order valence-corrected chi connectivity index (χ1v) is 9.01. The van der Waals surface area contributed by atoms with Crippen molar-refractivity contribution >= 4 is 17.7 Å². The van der Waals surface area contributed by atoms with E-state index in [2.05, 4.69) is 16.2 Å². The van der Waals surface area contributed by atoms with Crippen molar-refractivity contribution in [3.63, 3.8) is 0 Å². The van der Waals surface area contributed by atoms with E-state index in [0.29, 0.717) is 13.0 Å². The minimum atomic E-state index is -0.259. The predicted octanol–water partition coefficient (Wildman–Crippen LogP) is 1.92. The third-order valence-electron chi connectivity index (χ3n) is 3.64. The number of nitrogens with one attached hydrogen (secondary N) is 3. The maximum Gasteiger partial charge on any atom is 0.240 e. The van der Waals surface area contributed by atoms with Gasteiger partial charge >= 0.3 is 0 Å². The Morgan fingerprint density at radius 3 is 2.38 bits per heavy atom. The third kappa shape index (κ3) is 4.99. The lowest BCUT2D eigenvalue weighted by molar-refractivity contribution is -0.125. The normalized spacial score (nSPS) is 20.4. The first kappa shape index (κ1) is 16.8. The summed E-state index contributed by atoms with van der Waals surface area (Å²) in [7, 11) is 0. The molecule has 126 valence electrons. The molecule has 1 aliphatic heterocycles. The summed E-state index contributed by atoms with van der Waals surface area (Å²) in [5.74, 6) is 1.65. The summed E-state index contributed by atoms with van der Waals surface area (Å²) >= 11 is 1.60. The molecule has 24 heavy (non-hydrogen) atoms. The average Bonchev–Trinajstić information content (AvgIpc) is 2.63. The number of para-hydroxylation sites is 1. The van der Waals surface area contributed by atoms with Crippen LogP contribution >= 0.6 is 11.8 Å².